The summed E-state index contributed by atoms with van der Waals surface area (Å²) in [5.41, 5.74) is 2.72. The summed E-state index contributed by atoms with van der Waals surface area (Å²) in [5, 5.41) is 13.2. The predicted molar refractivity (Wildman–Crippen MR) is 158 cm³/mol. The zero-order valence-corrected chi connectivity index (χ0v) is 23.7. The Labute approximate surface area is 238 Å². The summed E-state index contributed by atoms with van der Waals surface area (Å²) in [7, 11) is 2.04. The van der Waals surface area contributed by atoms with Crippen LogP contribution in [-0.2, 0) is 6.54 Å². The summed E-state index contributed by atoms with van der Waals surface area (Å²) < 4.78 is 7.56. The molecule has 0 aliphatic carbocycles. The van der Waals surface area contributed by atoms with Gasteiger partial charge < -0.3 is 20.1 Å². The number of carbonyl (C=O) groups is 2. The number of nitrogens with one attached hydrogen (secondary N) is 1. The second kappa shape index (κ2) is 12.2. The van der Waals surface area contributed by atoms with E-state index in [1.165, 1.54) is 16.9 Å². The van der Waals surface area contributed by atoms with E-state index in [0.717, 1.165) is 16.8 Å². The van der Waals surface area contributed by atoms with Crippen molar-refractivity contribution in [1.82, 2.24) is 14.8 Å². The Morgan fingerprint density at radius 2 is 1.90 bits per heavy atom. The monoisotopic (exact) mass is 558 g/mol. The third-order valence-electron chi connectivity index (χ3n) is 7.21. The number of aliphatic hydroxyl groups excluding tert-OH is 1. The zero-order chi connectivity index (χ0) is 28.2. The number of benzene rings is 3. The van der Waals surface area contributed by atoms with Crippen LogP contribution < -0.4 is 10.1 Å². The van der Waals surface area contributed by atoms with Crippen molar-refractivity contribution in [2.45, 2.75) is 32.5 Å². The smallest absolute Gasteiger partial charge is 0.284 e. The van der Waals surface area contributed by atoms with Gasteiger partial charge in [-0.1, -0.05) is 55.5 Å². The number of likely N-dealkylation sites (N-methyl/N-ethyl adjacent to an activating group) is 1. The van der Waals surface area contributed by atoms with Crippen molar-refractivity contribution >= 4 is 39.1 Å². The number of para-hydroxylation sites is 2. The van der Waals surface area contributed by atoms with Crippen LogP contribution in [-0.4, -0.2) is 70.6 Å². The van der Waals surface area contributed by atoms with Gasteiger partial charge in [-0.25, -0.2) is 4.98 Å². The number of anilines is 1. The normalized spacial score (nSPS) is 18.1. The largest absolute Gasteiger partial charge is 0.486 e. The molecule has 9 heteroatoms. The van der Waals surface area contributed by atoms with Crippen molar-refractivity contribution in [1.29, 1.82) is 0 Å². The van der Waals surface area contributed by atoms with Crippen LogP contribution in [0.4, 0.5) is 5.69 Å². The average molecular weight is 559 g/mol. The lowest BCUT2D eigenvalue weighted by atomic mass is 9.98. The Bertz CT molecular complexity index is 1460. The fourth-order valence-corrected chi connectivity index (χ4v) is 5.83. The molecule has 1 aliphatic heterocycles. The number of rotatable bonds is 8. The van der Waals surface area contributed by atoms with Crippen LogP contribution in [0.25, 0.3) is 10.2 Å². The number of carbonyl (C=O) groups excluding carboxylic acids is 2. The Morgan fingerprint density at radius 3 is 2.65 bits per heavy atom. The molecule has 2 heterocycles. The number of aromatic nitrogens is 1. The van der Waals surface area contributed by atoms with Crippen LogP contribution in [0, 0.1) is 5.92 Å². The first-order chi connectivity index (χ1) is 19.3. The van der Waals surface area contributed by atoms with Crippen molar-refractivity contribution in [2.75, 3.05) is 32.1 Å². The summed E-state index contributed by atoms with van der Waals surface area (Å²) in [5.74, 6) is -0.311. The van der Waals surface area contributed by atoms with Crippen molar-refractivity contribution in [3.05, 3.63) is 88.9 Å². The maximum atomic E-state index is 13.7. The average Bonchev–Trinajstić information content (AvgIpc) is 3.40. The summed E-state index contributed by atoms with van der Waals surface area (Å²) in [6, 6.07) is 22.6. The first-order valence-electron chi connectivity index (χ1n) is 13.4. The van der Waals surface area contributed by atoms with Gasteiger partial charge in [-0.15, -0.1) is 11.3 Å². The second-order valence-electron chi connectivity index (χ2n) is 10.4. The number of hydrogen-bond acceptors (Lipinski definition) is 7. The van der Waals surface area contributed by atoms with Gasteiger partial charge in [0.15, 0.2) is 10.8 Å². The van der Waals surface area contributed by atoms with E-state index in [2.05, 4.69) is 34.3 Å². The van der Waals surface area contributed by atoms with Gasteiger partial charge in [0.05, 0.1) is 34.1 Å². The highest BCUT2D eigenvalue weighted by Gasteiger charge is 2.34. The lowest BCUT2D eigenvalue weighted by Crippen LogP contribution is -2.49. The standard InChI is InChI=1S/C31H34N4O4S/c1-20-16-35(21(2)19-36)31(38)23-12-9-14-25(32-29(37)30-33-24-13-7-8-15-27(24)40-30)28(23)39-26(20)18-34(3)17-22-10-5-4-6-11-22/h4-15,20-21,26,36H,16-19H2,1-3H3,(H,32,37)/t20-,21+,26+/m1/s1. The molecular weight excluding hydrogens is 524 g/mol. The van der Waals surface area contributed by atoms with Crippen LogP contribution >= 0.6 is 11.3 Å². The highest BCUT2D eigenvalue weighted by Crippen LogP contribution is 2.35. The first-order valence-corrected chi connectivity index (χ1v) is 14.3. The Hall–Kier alpha value is -3.79. The van der Waals surface area contributed by atoms with E-state index >= 15 is 0 Å². The molecule has 2 amide bonds. The predicted octanol–water partition coefficient (Wildman–Crippen LogP) is 4.90. The SMILES string of the molecule is C[C@@H]1CN([C@@H](C)CO)C(=O)c2cccc(NC(=O)c3nc4ccccc4s3)c2O[C@H]1CN(C)Cc1ccccc1. The molecule has 0 spiro atoms. The molecule has 0 fully saturated rings. The second-order valence-corrected chi connectivity index (χ2v) is 11.5. The van der Waals surface area contributed by atoms with Crippen molar-refractivity contribution in [3.8, 4) is 5.75 Å². The van der Waals surface area contributed by atoms with Gasteiger partial charge in [0.2, 0.25) is 0 Å². The molecule has 2 N–H and O–H groups in total. The molecule has 0 saturated carbocycles. The molecular formula is C31H34N4O4S. The van der Waals surface area contributed by atoms with E-state index in [9.17, 15) is 14.7 Å². The third-order valence-corrected chi connectivity index (χ3v) is 8.25. The molecule has 208 valence electrons. The number of nitrogens with zero attached hydrogens (tertiary/aromatic N) is 3. The number of fused-ring (bicyclic) bond motifs is 2. The zero-order valence-electron chi connectivity index (χ0n) is 22.9. The summed E-state index contributed by atoms with van der Waals surface area (Å²) in [6.45, 7) is 5.52. The van der Waals surface area contributed by atoms with Crippen LogP contribution in [0.15, 0.2) is 72.8 Å². The van der Waals surface area contributed by atoms with Crippen molar-refractivity contribution in [3.63, 3.8) is 0 Å². The minimum Gasteiger partial charge on any atom is -0.486 e. The molecule has 0 bridgehead atoms. The molecule has 0 saturated heterocycles. The number of aliphatic hydroxyl groups is 1. The van der Waals surface area contributed by atoms with E-state index in [1.54, 1.807) is 23.1 Å². The molecule has 1 aromatic heterocycles. The van der Waals surface area contributed by atoms with Crippen LogP contribution in [0.2, 0.25) is 0 Å². The molecule has 1 aliphatic rings. The first kappa shape index (κ1) is 27.8. The molecule has 0 radical (unpaired) electrons. The van der Waals surface area contributed by atoms with Gasteiger partial charge in [0.25, 0.3) is 11.8 Å². The lowest BCUT2D eigenvalue weighted by Gasteiger charge is -2.38. The topological polar surface area (TPSA) is 95.0 Å². The van der Waals surface area contributed by atoms with Gasteiger partial charge >= 0.3 is 0 Å². The molecule has 5 rings (SSSR count). The summed E-state index contributed by atoms with van der Waals surface area (Å²) in [4.78, 5) is 35.4. The van der Waals surface area contributed by atoms with Crippen molar-refractivity contribution < 1.29 is 19.4 Å². The summed E-state index contributed by atoms with van der Waals surface area (Å²) >= 11 is 1.31. The Morgan fingerprint density at radius 1 is 1.15 bits per heavy atom. The van der Waals surface area contributed by atoms with Crippen LogP contribution in [0.1, 0.15) is 39.6 Å². The van der Waals surface area contributed by atoms with Crippen LogP contribution in [0.5, 0.6) is 5.75 Å². The maximum Gasteiger partial charge on any atom is 0.284 e. The van der Waals surface area contributed by atoms with E-state index in [-0.39, 0.29) is 36.5 Å². The third kappa shape index (κ3) is 6.01. The molecule has 4 aromatic rings. The van der Waals surface area contributed by atoms with Gasteiger partial charge in [0.1, 0.15) is 6.10 Å². The highest BCUT2D eigenvalue weighted by molar-refractivity contribution is 7.20. The Balaban J connectivity index is 1.47. The molecule has 8 nitrogen and oxygen atoms in total. The van der Waals surface area contributed by atoms with Crippen molar-refractivity contribution in [2.24, 2.45) is 5.92 Å². The minimum atomic E-state index is -0.371. The van der Waals surface area contributed by atoms with Crippen LogP contribution in [0.3, 0.4) is 0 Å². The molecule has 0 unspecified atom stereocenters. The number of ether oxygens (including phenoxy) is 1. The lowest BCUT2D eigenvalue weighted by molar-refractivity contribution is 0.0343. The van der Waals surface area contributed by atoms with E-state index in [4.69, 9.17) is 4.74 Å². The molecule has 3 aromatic carbocycles. The fourth-order valence-electron chi connectivity index (χ4n) is 4.97. The van der Waals surface area contributed by atoms with Gasteiger partial charge in [-0.3, -0.25) is 14.5 Å². The highest BCUT2D eigenvalue weighted by atomic mass is 32.1. The van der Waals surface area contributed by atoms with E-state index in [1.807, 2.05) is 56.4 Å². The number of hydrogen-bond donors (Lipinski definition) is 2. The quantitative estimate of drug-likeness (QED) is 0.320. The maximum absolute atomic E-state index is 13.7. The minimum absolute atomic E-state index is 0.0441. The number of thiazole rings is 1. The van der Waals surface area contributed by atoms with E-state index < -0.39 is 0 Å². The molecule has 3 atom stereocenters. The fraction of sp³-hybridized carbons (Fsp3) is 0.323. The summed E-state index contributed by atoms with van der Waals surface area (Å²) in [6.07, 6.45) is -0.283. The molecule has 40 heavy (non-hydrogen) atoms. The van der Waals surface area contributed by atoms with E-state index in [0.29, 0.717) is 35.1 Å². The van der Waals surface area contributed by atoms with Gasteiger partial charge in [-0.05, 0) is 43.8 Å². The number of amides is 2. The van der Waals surface area contributed by atoms with Gasteiger partial charge in [0, 0.05) is 25.6 Å². The Kier molecular flexibility index (Phi) is 8.44. The van der Waals surface area contributed by atoms with Gasteiger partial charge in [-0.2, -0.15) is 0 Å².